The van der Waals surface area contributed by atoms with Crippen molar-refractivity contribution in [3.05, 3.63) is 115 Å². The largest absolute Gasteiger partial charge is 0.450 e. The molecule has 31 heavy (non-hydrogen) atoms. The molecule has 4 aromatic rings. The maximum atomic E-state index is 13.5. The van der Waals surface area contributed by atoms with Crippen LogP contribution in [0.4, 0.5) is 0 Å². The summed E-state index contributed by atoms with van der Waals surface area (Å²) in [5.41, 5.74) is 2.54. The van der Waals surface area contributed by atoms with E-state index < -0.39 is 6.04 Å². The van der Waals surface area contributed by atoms with E-state index in [1.807, 2.05) is 42.5 Å². The van der Waals surface area contributed by atoms with Gasteiger partial charge in [0.25, 0.3) is 5.91 Å². The van der Waals surface area contributed by atoms with E-state index in [1.54, 1.807) is 35.2 Å². The predicted molar refractivity (Wildman–Crippen MR) is 125 cm³/mol. The smallest absolute Gasteiger partial charge is 0.290 e. The van der Waals surface area contributed by atoms with Crippen molar-refractivity contribution in [2.45, 2.75) is 12.5 Å². The number of halogens is 2. The van der Waals surface area contributed by atoms with Gasteiger partial charge in [-0.05, 0) is 47.9 Å². The van der Waals surface area contributed by atoms with Crippen LogP contribution in [0.2, 0.25) is 5.02 Å². The molecule has 0 saturated heterocycles. The van der Waals surface area contributed by atoms with Crippen LogP contribution >= 0.6 is 27.5 Å². The molecule has 0 spiro atoms. The van der Waals surface area contributed by atoms with Crippen LogP contribution in [0.1, 0.15) is 33.3 Å². The first-order valence-corrected chi connectivity index (χ1v) is 11.1. The van der Waals surface area contributed by atoms with E-state index in [2.05, 4.69) is 15.9 Å². The molecular weight excluding hydrogens is 478 g/mol. The number of fused-ring (bicyclic) bond motifs is 2. The number of hydrogen-bond acceptors (Lipinski definition) is 3. The maximum Gasteiger partial charge on any atom is 0.290 e. The lowest BCUT2D eigenvalue weighted by Crippen LogP contribution is -2.31. The fraction of sp³-hybridized carbons (Fsp3) is 0.120. The lowest BCUT2D eigenvalue weighted by Gasteiger charge is -2.25. The van der Waals surface area contributed by atoms with Gasteiger partial charge in [-0.15, -0.1) is 0 Å². The van der Waals surface area contributed by atoms with Crippen molar-refractivity contribution in [2.75, 3.05) is 6.54 Å². The second-order valence-electron chi connectivity index (χ2n) is 7.50. The van der Waals surface area contributed by atoms with Crippen LogP contribution in [0, 0.1) is 0 Å². The Labute approximate surface area is 192 Å². The molecule has 4 nitrogen and oxygen atoms in total. The van der Waals surface area contributed by atoms with Crippen molar-refractivity contribution in [1.82, 2.24) is 4.90 Å². The predicted octanol–water partition coefficient (Wildman–Crippen LogP) is 6.00. The molecule has 2 heterocycles. The third kappa shape index (κ3) is 3.58. The van der Waals surface area contributed by atoms with Crippen LogP contribution in [0.25, 0.3) is 11.0 Å². The Morgan fingerprint density at radius 1 is 0.968 bits per heavy atom. The standard InChI is InChI=1S/C25H17BrClNO3/c26-17-8-11-20-19(14-17)23(29)21-22(16-6-9-18(27)10-7-16)28(25(30)24(21)31-20)13-12-15-4-2-1-3-5-15/h1-11,14,22H,12-13H2. The van der Waals surface area contributed by atoms with Gasteiger partial charge in [-0.2, -0.15) is 0 Å². The third-order valence-electron chi connectivity index (χ3n) is 5.60. The molecule has 1 aliphatic rings. The molecule has 3 aromatic carbocycles. The second kappa shape index (κ2) is 7.98. The molecule has 1 atom stereocenters. The van der Waals surface area contributed by atoms with Gasteiger partial charge in [0.15, 0.2) is 5.43 Å². The summed E-state index contributed by atoms with van der Waals surface area (Å²) < 4.78 is 6.75. The van der Waals surface area contributed by atoms with Crippen LogP contribution in [0.15, 0.2) is 86.5 Å². The second-order valence-corrected chi connectivity index (χ2v) is 8.85. The number of rotatable bonds is 4. The van der Waals surface area contributed by atoms with Gasteiger partial charge in [0.1, 0.15) is 5.58 Å². The van der Waals surface area contributed by atoms with Crippen molar-refractivity contribution in [3.8, 4) is 0 Å². The molecule has 5 rings (SSSR count). The Kier molecular flexibility index (Phi) is 5.16. The van der Waals surface area contributed by atoms with Gasteiger partial charge in [0, 0.05) is 16.0 Å². The Morgan fingerprint density at radius 2 is 1.71 bits per heavy atom. The minimum Gasteiger partial charge on any atom is -0.450 e. The zero-order chi connectivity index (χ0) is 21.5. The Morgan fingerprint density at radius 3 is 2.45 bits per heavy atom. The highest BCUT2D eigenvalue weighted by atomic mass is 79.9. The van der Waals surface area contributed by atoms with E-state index in [-0.39, 0.29) is 17.1 Å². The lowest BCUT2D eigenvalue weighted by molar-refractivity contribution is 0.0730. The zero-order valence-electron chi connectivity index (χ0n) is 16.3. The Balaban J connectivity index is 1.66. The molecule has 0 N–H and O–H groups in total. The average molecular weight is 495 g/mol. The van der Waals surface area contributed by atoms with Gasteiger partial charge in [-0.1, -0.05) is 70.0 Å². The van der Waals surface area contributed by atoms with Gasteiger partial charge in [-0.3, -0.25) is 9.59 Å². The third-order valence-corrected chi connectivity index (χ3v) is 6.34. The van der Waals surface area contributed by atoms with Gasteiger partial charge < -0.3 is 9.32 Å². The van der Waals surface area contributed by atoms with Crippen molar-refractivity contribution in [2.24, 2.45) is 0 Å². The van der Waals surface area contributed by atoms with E-state index in [4.69, 9.17) is 16.0 Å². The topological polar surface area (TPSA) is 50.5 Å². The molecule has 0 bridgehead atoms. The highest BCUT2D eigenvalue weighted by Crippen LogP contribution is 2.38. The summed E-state index contributed by atoms with van der Waals surface area (Å²) in [5, 5.41) is 1.04. The molecular formula is C25H17BrClNO3. The van der Waals surface area contributed by atoms with Crippen LogP contribution < -0.4 is 5.43 Å². The summed E-state index contributed by atoms with van der Waals surface area (Å²) in [6.45, 7) is 0.458. The van der Waals surface area contributed by atoms with Crippen LogP contribution in [-0.2, 0) is 6.42 Å². The molecule has 6 heteroatoms. The fourth-order valence-corrected chi connectivity index (χ4v) is 4.60. The first kappa shape index (κ1) is 20.0. The molecule has 0 fully saturated rings. The van der Waals surface area contributed by atoms with E-state index >= 15 is 0 Å². The average Bonchev–Trinajstić information content (AvgIpc) is 3.06. The van der Waals surface area contributed by atoms with Crippen molar-refractivity contribution in [1.29, 1.82) is 0 Å². The normalized spacial score (nSPS) is 15.5. The van der Waals surface area contributed by atoms with E-state index in [9.17, 15) is 9.59 Å². The minimum atomic E-state index is -0.525. The zero-order valence-corrected chi connectivity index (χ0v) is 18.7. The molecule has 1 aliphatic heterocycles. The van der Waals surface area contributed by atoms with Crippen LogP contribution in [-0.4, -0.2) is 17.4 Å². The monoisotopic (exact) mass is 493 g/mol. The van der Waals surface area contributed by atoms with E-state index in [0.29, 0.717) is 34.5 Å². The van der Waals surface area contributed by atoms with Gasteiger partial charge >= 0.3 is 0 Å². The molecule has 1 amide bonds. The van der Waals surface area contributed by atoms with Crippen molar-refractivity contribution in [3.63, 3.8) is 0 Å². The number of nitrogens with zero attached hydrogens (tertiary/aromatic N) is 1. The Hall–Kier alpha value is -2.89. The van der Waals surface area contributed by atoms with Crippen molar-refractivity contribution < 1.29 is 9.21 Å². The summed E-state index contributed by atoms with van der Waals surface area (Å²) in [7, 11) is 0. The number of amides is 1. The number of carbonyl (C=O) groups is 1. The number of benzene rings is 3. The Bertz CT molecular complexity index is 1350. The van der Waals surface area contributed by atoms with Crippen LogP contribution in [0.3, 0.4) is 0 Å². The molecule has 0 aliphatic carbocycles. The van der Waals surface area contributed by atoms with Gasteiger partial charge in [-0.25, -0.2) is 0 Å². The van der Waals surface area contributed by atoms with E-state index in [1.165, 1.54) is 0 Å². The van der Waals surface area contributed by atoms with Gasteiger partial charge in [0.2, 0.25) is 5.76 Å². The summed E-state index contributed by atoms with van der Waals surface area (Å²) in [6, 6.07) is 21.9. The molecule has 154 valence electrons. The van der Waals surface area contributed by atoms with E-state index in [0.717, 1.165) is 15.6 Å². The highest BCUT2D eigenvalue weighted by Gasteiger charge is 2.42. The number of hydrogen-bond donors (Lipinski definition) is 0. The quantitative estimate of drug-likeness (QED) is 0.350. The molecule has 1 unspecified atom stereocenters. The first-order valence-electron chi connectivity index (χ1n) is 9.89. The lowest BCUT2D eigenvalue weighted by atomic mass is 9.98. The summed E-state index contributed by atoms with van der Waals surface area (Å²) >= 11 is 9.50. The summed E-state index contributed by atoms with van der Waals surface area (Å²) in [5.74, 6) is -0.152. The number of carbonyl (C=O) groups excluding carboxylic acids is 1. The highest BCUT2D eigenvalue weighted by molar-refractivity contribution is 9.10. The first-order chi connectivity index (χ1) is 15.0. The summed E-state index contributed by atoms with van der Waals surface area (Å²) in [6.07, 6.45) is 0.671. The molecule has 1 aromatic heterocycles. The van der Waals surface area contributed by atoms with Crippen LogP contribution in [0.5, 0.6) is 0 Å². The molecule has 0 saturated carbocycles. The fourth-order valence-electron chi connectivity index (χ4n) is 4.11. The maximum absolute atomic E-state index is 13.5. The minimum absolute atomic E-state index is 0.118. The summed E-state index contributed by atoms with van der Waals surface area (Å²) in [4.78, 5) is 28.6. The SMILES string of the molecule is O=C1c2oc3ccc(Br)cc3c(=O)c2C(c2ccc(Cl)cc2)N1CCc1ccccc1. The van der Waals surface area contributed by atoms with Gasteiger partial charge in [0.05, 0.1) is 17.0 Å². The van der Waals surface area contributed by atoms with Crippen molar-refractivity contribution >= 4 is 44.4 Å². The molecule has 0 radical (unpaired) electrons.